The number of alkyl halides is 3. The van der Waals surface area contributed by atoms with Crippen LogP contribution in [0.4, 0.5) is 13.2 Å². The largest absolute Gasteiger partial charge is 0.494 e. The van der Waals surface area contributed by atoms with Gasteiger partial charge in [-0.25, -0.2) is 0 Å². The van der Waals surface area contributed by atoms with Crippen LogP contribution >= 0.6 is 0 Å². The van der Waals surface area contributed by atoms with Crippen molar-refractivity contribution in [2.24, 2.45) is 5.92 Å². The standard InChI is InChI=1S/C25H31F3N2O2/c1-19(18-32-23-13-12-20(17-29)24(16-23)25(26,27)28)15-21(30(2)3)9-7-8-14-31-22-10-5-4-6-11-22/h4-6,10-13,16,19,21H,7-9,14-15,18H2,1-3H3. The molecule has 0 N–H and O–H groups in total. The molecule has 0 saturated carbocycles. The van der Waals surface area contributed by atoms with Gasteiger partial charge in [-0.3, -0.25) is 0 Å². The zero-order valence-electron chi connectivity index (χ0n) is 18.9. The molecule has 32 heavy (non-hydrogen) atoms. The van der Waals surface area contributed by atoms with Gasteiger partial charge in [0.15, 0.2) is 0 Å². The summed E-state index contributed by atoms with van der Waals surface area (Å²) in [6, 6.07) is 15.1. The first kappa shape index (κ1) is 25.5. The van der Waals surface area contributed by atoms with E-state index in [2.05, 4.69) is 4.90 Å². The Kier molecular flexibility index (Phi) is 9.86. The number of ether oxygens (including phenoxy) is 2. The molecule has 0 bridgehead atoms. The molecule has 2 aromatic carbocycles. The lowest BCUT2D eigenvalue weighted by atomic mass is 9.97. The summed E-state index contributed by atoms with van der Waals surface area (Å²) in [6.45, 7) is 3.01. The molecule has 0 aliphatic heterocycles. The number of benzene rings is 2. The van der Waals surface area contributed by atoms with Crippen molar-refractivity contribution in [2.75, 3.05) is 27.3 Å². The summed E-state index contributed by atoms with van der Waals surface area (Å²) in [5.74, 6) is 1.16. The molecule has 7 heteroatoms. The van der Waals surface area contributed by atoms with Gasteiger partial charge in [-0.2, -0.15) is 18.4 Å². The monoisotopic (exact) mass is 448 g/mol. The molecule has 0 saturated heterocycles. The van der Waals surface area contributed by atoms with E-state index in [-0.39, 0.29) is 11.7 Å². The number of nitriles is 1. The predicted octanol–water partition coefficient (Wildman–Crippen LogP) is 6.16. The van der Waals surface area contributed by atoms with Gasteiger partial charge in [0, 0.05) is 6.04 Å². The third-order valence-corrected chi connectivity index (χ3v) is 5.30. The second-order valence-corrected chi connectivity index (χ2v) is 8.24. The van der Waals surface area contributed by atoms with Gasteiger partial charge in [0.1, 0.15) is 11.5 Å². The summed E-state index contributed by atoms with van der Waals surface area (Å²) in [4.78, 5) is 2.18. The van der Waals surface area contributed by atoms with E-state index < -0.39 is 17.3 Å². The number of unbranched alkanes of at least 4 members (excludes halogenated alkanes) is 1. The highest BCUT2D eigenvalue weighted by Crippen LogP contribution is 2.34. The second kappa shape index (κ2) is 12.4. The summed E-state index contributed by atoms with van der Waals surface area (Å²) in [5.41, 5.74) is -1.36. The number of para-hydroxylation sites is 1. The van der Waals surface area contributed by atoms with E-state index in [1.807, 2.05) is 51.4 Å². The zero-order valence-corrected chi connectivity index (χ0v) is 18.9. The summed E-state index contributed by atoms with van der Waals surface area (Å²) in [7, 11) is 4.07. The van der Waals surface area contributed by atoms with E-state index in [4.69, 9.17) is 14.7 Å². The molecule has 2 aromatic rings. The highest BCUT2D eigenvalue weighted by Gasteiger charge is 2.34. The highest BCUT2D eigenvalue weighted by atomic mass is 19.4. The molecule has 0 radical (unpaired) electrons. The second-order valence-electron chi connectivity index (χ2n) is 8.24. The van der Waals surface area contributed by atoms with Crippen molar-refractivity contribution in [3.05, 3.63) is 59.7 Å². The number of nitrogens with zero attached hydrogens (tertiary/aromatic N) is 2. The number of rotatable bonds is 12. The van der Waals surface area contributed by atoms with Gasteiger partial charge in [0.25, 0.3) is 0 Å². The Bertz CT molecular complexity index is 864. The average molecular weight is 449 g/mol. The SMILES string of the molecule is CC(COc1ccc(C#N)c(C(F)(F)F)c1)CC(CCCCOc1ccccc1)N(C)C. The van der Waals surface area contributed by atoms with Gasteiger partial charge in [-0.1, -0.05) is 25.1 Å². The fourth-order valence-corrected chi connectivity index (χ4v) is 3.49. The molecule has 0 aliphatic rings. The number of hydrogen-bond donors (Lipinski definition) is 0. The number of hydrogen-bond acceptors (Lipinski definition) is 4. The van der Waals surface area contributed by atoms with Crippen molar-refractivity contribution in [3.8, 4) is 17.6 Å². The smallest absolute Gasteiger partial charge is 0.417 e. The predicted molar refractivity (Wildman–Crippen MR) is 119 cm³/mol. The van der Waals surface area contributed by atoms with Crippen molar-refractivity contribution in [2.45, 2.75) is 44.8 Å². The van der Waals surface area contributed by atoms with Crippen LogP contribution < -0.4 is 9.47 Å². The Balaban J connectivity index is 1.79. The van der Waals surface area contributed by atoms with Gasteiger partial charge in [0.2, 0.25) is 0 Å². The average Bonchev–Trinajstić information content (AvgIpc) is 2.76. The van der Waals surface area contributed by atoms with Crippen molar-refractivity contribution in [1.29, 1.82) is 5.26 Å². The van der Waals surface area contributed by atoms with E-state index in [0.717, 1.165) is 43.6 Å². The van der Waals surface area contributed by atoms with Crippen LogP contribution in [0.15, 0.2) is 48.5 Å². The molecule has 0 heterocycles. The van der Waals surface area contributed by atoms with Gasteiger partial charge in [0.05, 0.1) is 30.4 Å². The maximum atomic E-state index is 13.1. The van der Waals surface area contributed by atoms with Crippen LogP contribution in [-0.4, -0.2) is 38.3 Å². The highest BCUT2D eigenvalue weighted by molar-refractivity contribution is 5.44. The number of halogens is 3. The lowest BCUT2D eigenvalue weighted by Gasteiger charge is -2.27. The summed E-state index contributed by atoms with van der Waals surface area (Å²) in [6.07, 6.45) is -0.737. The van der Waals surface area contributed by atoms with E-state index in [1.165, 1.54) is 6.07 Å². The van der Waals surface area contributed by atoms with E-state index in [1.54, 1.807) is 6.07 Å². The molecule has 0 aliphatic carbocycles. The van der Waals surface area contributed by atoms with Crippen molar-refractivity contribution < 1.29 is 22.6 Å². The molecule has 2 rings (SSSR count). The van der Waals surface area contributed by atoms with Crippen LogP contribution in [0.3, 0.4) is 0 Å². The fraction of sp³-hybridized carbons (Fsp3) is 0.480. The first-order valence-electron chi connectivity index (χ1n) is 10.8. The molecule has 174 valence electrons. The Hall–Kier alpha value is -2.72. The topological polar surface area (TPSA) is 45.5 Å². The van der Waals surface area contributed by atoms with Crippen LogP contribution in [0.5, 0.6) is 11.5 Å². The third-order valence-electron chi connectivity index (χ3n) is 5.30. The molecule has 0 aromatic heterocycles. The molecule has 2 unspecified atom stereocenters. The third kappa shape index (κ3) is 8.43. The summed E-state index contributed by atoms with van der Waals surface area (Å²) >= 11 is 0. The lowest BCUT2D eigenvalue weighted by molar-refractivity contribution is -0.137. The van der Waals surface area contributed by atoms with Crippen LogP contribution in [-0.2, 0) is 6.18 Å². The van der Waals surface area contributed by atoms with Crippen LogP contribution in [0.1, 0.15) is 43.7 Å². The Morgan fingerprint density at radius 3 is 2.34 bits per heavy atom. The quantitative estimate of drug-likeness (QED) is 0.365. The van der Waals surface area contributed by atoms with Crippen molar-refractivity contribution in [1.82, 2.24) is 4.90 Å². The molecule has 4 nitrogen and oxygen atoms in total. The van der Waals surface area contributed by atoms with Crippen LogP contribution in [0, 0.1) is 17.2 Å². The first-order chi connectivity index (χ1) is 15.2. The Morgan fingerprint density at radius 2 is 1.72 bits per heavy atom. The van der Waals surface area contributed by atoms with Crippen LogP contribution in [0.2, 0.25) is 0 Å². The molecular weight excluding hydrogens is 417 g/mol. The van der Waals surface area contributed by atoms with E-state index in [0.29, 0.717) is 19.3 Å². The van der Waals surface area contributed by atoms with Gasteiger partial charge >= 0.3 is 6.18 Å². The minimum Gasteiger partial charge on any atom is -0.494 e. The van der Waals surface area contributed by atoms with Gasteiger partial charge in [-0.05, 0) is 76.0 Å². The fourth-order valence-electron chi connectivity index (χ4n) is 3.49. The minimum atomic E-state index is -4.59. The molecule has 0 fully saturated rings. The maximum Gasteiger partial charge on any atom is 0.417 e. The minimum absolute atomic E-state index is 0.127. The maximum absolute atomic E-state index is 13.1. The molecule has 0 amide bonds. The molecule has 0 spiro atoms. The molecular formula is C25H31F3N2O2. The molecule has 2 atom stereocenters. The van der Waals surface area contributed by atoms with Gasteiger partial charge < -0.3 is 14.4 Å². The van der Waals surface area contributed by atoms with E-state index >= 15 is 0 Å². The summed E-state index contributed by atoms with van der Waals surface area (Å²) < 4.78 is 50.7. The Labute approximate surface area is 188 Å². The Morgan fingerprint density at radius 1 is 1.00 bits per heavy atom. The van der Waals surface area contributed by atoms with Crippen LogP contribution in [0.25, 0.3) is 0 Å². The lowest BCUT2D eigenvalue weighted by Crippen LogP contribution is -2.31. The van der Waals surface area contributed by atoms with Crippen molar-refractivity contribution >= 4 is 0 Å². The normalized spacial score (nSPS) is 13.4. The summed E-state index contributed by atoms with van der Waals surface area (Å²) in [5, 5.41) is 8.90. The van der Waals surface area contributed by atoms with E-state index in [9.17, 15) is 13.2 Å². The van der Waals surface area contributed by atoms with Crippen molar-refractivity contribution in [3.63, 3.8) is 0 Å². The first-order valence-corrected chi connectivity index (χ1v) is 10.8. The van der Waals surface area contributed by atoms with Gasteiger partial charge in [-0.15, -0.1) is 0 Å². The zero-order chi connectivity index (χ0) is 23.6.